The van der Waals surface area contributed by atoms with Gasteiger partial charge in [0.25, 0.3) is 0 Å². The first-order chi connectivity index (χ1) is 15.1. The molecule has 6 heteroatoms. The van der Waals surface area contributed by atoms with Gasteiger partial charge in [-0.3, -0.25) is 4.90 Å². The zero-order valence-corrected chi connectivity index (χ0v) is 18.4. The van der Waals surface area contributed by atoms with Crippen LogP contribution in [0.4, 0.5) is 10.5 Å². The second-order valence-corrected chi connectivity index (χ2v) is 7.85. The first kappa shape index (κ1) is 21.0. The van der Waals surface area contributed by atoms with Crippen LogP contribution in [0.2, 0.25) is 0 Å². The molecular weight excluding hydrogens is 390 g/mol. The number of fused-ring (bicyclic) bond motifs is 1. The quantitative estimate of drug-likeness (QED) is 0.661. The number of carbonyl (C=O) groups excluding carboxylic acids is 1. The fourth-order valence-corrected chi connectivity index (χ4v) is 4.07. The van der Waals surface area contributed by atoms with Crippen molar-refractivity contribution < 1.29 is 14.3 Å². The largest absolute Gasteiger partial charge is 0.493 e. The summed E-state index contributed by atoms with van der Waals surface area (Å²) < 4.78 is 10.8. The summed E-state index contributed by atoms with van der Waals surface area (Å²) in [6.07, 6.45) is 0. The Kier molecular flexibility index (Phi) is 6.28. The molecule has 4 rings (SSSR count). The molecule has 1 heterocycles. The van der Waals surface area contributed by atoms with E-state index in [2.05, 4.69) is 29.3 Å². The second kappa shape index (κ2) is 9.27. The van der Waals surface area contributed by atoms with E-state index in [-0.39, 0.29) is 6.03 Å². The van der Waals surface area contributed by atoms with Gasteiger partial charge in [-0.1, -0.05) is 36.4 Å². The van der Waals surface area contributed by atoms with Crippen LogP contribution < -0.4 is 14.8 Å². The van der Waals surface area contributed by atoms with E-state index < -0.39 is 0 Å². The van der Waals surface area contributed by atoms with Crippen molar-refractivity contribution in [3.05, 3.63) is 65.7 Å². The van der Waals surface area contributed by atoms with E-state index in [0.717, 1.165) is 47.6 Å². The Hall–Kier alpha value is -3.25. The van der Waals surface area contributed by atoms with Crippen molar-refractivity contribution in [1.29, 1.82) is 0 Å². The Labute approximate surface area is 183 Å². The zero-order chi connectivity index (χ0) is 21.8. The number of methoxy groups -OCH3 is 2. The Morgan fingerprint density at radius 2 is 1.61 bits per heavy atom. The lowest BCUT2D eigenvalue weighted by Crippen LogP contribution is -2.49. The highest BCUT2D eigenvalue weighted by atomic mass is 16.5. The number of hydrogen-bond acceptors (Lipinski definition) is 4. The molecule has 0 bridgehead atoms. The number of amides is 2. The third-order valence-corrected chi connectivity index (χ3v) is 5.93. The van der Waals surface area contributed by atoms with E-state index in [9.17, 15) is 4.79 Å². The topological polar surface area (TPSA) is 54.0 Å². The number of nitrogens with one attached hydrogen (secondary N) is 1. The molecule has 2 amide bonds. The molecule has 0 radical (unpaired) electrons. The maximum absolute atomic E-state index is 12.9. The summed E-state index contributed by atoms with van der Waals surface area (Å²) in [6, 6.07) is 18.1. The fourth-order valence-electron chi connectivity index (χ4n) is 4.07. The van der Waals surface area contributed by atoms with E-state index in [1.807, 2.05) is 47.4 Å². The SMILES string of the molecule is COc1cc(C)c(CN2CCN(C(=O)Nc3cccc4ccccc34)CC2)cc1OC. The molecule has 0 aliphatic carbocycles. The number of benzene rings is 3. The Morgan fingerprint density at radius 3 is 2.35 bits per heavy atom. The lowest BCUT2D eigenvalue weighted by molar-refractivity contribution is 0.142. The number of hydrogen-bond donors (Lipinski definition) is 1. The molecule has 6 nitrogen and oxygen atoms in total. The van der Waals surface area contributed by atoms with E-state index in [0.29, 0.717) is 13.1 Å². The third-order valence-electron chi connectivity index (χ3n) is 5.93. The van der Waals surface area contributed by atoms with Gasteiger partial charge in [0, 0.05) is 38.1 Å². The van der Waals surface area contributed by atoms with E-state index in [1.165, 1.54) is 11.1 Å². The molecule has 0 unspecified atom stereocenters. The summed E-state index contributed by atoms with van der Waals surface area (Å²) in [5.74, 6) is 1.50. The maximum atomic E-state index is 12.9. The highest BCUT2D eigenvalue weighted by Gasteiger charge is 2.22. The monoisotopic (exact) mass is 419 g/mol. The molecule has 0 aromatic heterocycles. The molecule has 0 atom stereocenters. The standard InChI is InChI=1S/C25H29N3O3/c1-18-15-23(30-2)24(31-3)16-20(18)17-27-11-13-28(14-12-27)25(29)26-22-10-6-8-19-7-4-5-9-21(19)22/h4-10,15-16H,11-14,17H2,1-3H3,(H,26,29). The molecule has 1 fully saturated rings. The summed E-state index contributed by atoms with van der Waals surface area (Å²) in [6.45, 7) is 5.97. The van der Waals surface area contributed by atoms with Crippen LogP contribution in [-0.4, -0.2) is 56.2 Å². The lowest BCUT2D eigenvalue weighted by Gasteiger charge is -2.35. The molecule has 162 valence electrons. The molecule has 3 aromatic rings. The number of carbonyl (C=O) groups is 1. The van der Waals surface area contributed by atoms with Gasteiger partial charge < -0.3 is 19.7 Å². The molecule has 0 saturated carbocycles. The molecular formula is C25H29N3O3. The highest BCUT2D eigenvalue weighted by molar-refractivity contribution is 6.01. The van der Waals surface area contributed by atoms with Crippen molar-refractivity contribution >= 4 is 22.5 Å². The van der Waals surface area contributed by atoms with Gasteiger partial charge in [-0.05, 0) is 41.6 Å². The summed E-state index contributed by atoms with van der Waals surface area (Å²) in [4.78, 5) is 17.1. The molecule has 1 saturated heterocycles. The van der Waals surface area contributed by atoms with Gasteiger partial charge in [0.15, 0.2) is 11.5 Å². The van der Waals surface area contributed by atoms with Crippen molar-refractivity contribution in [3.63, 3.8) is 0 Å². The highest BCUT2D eigenvalue weighted by Crippen LogP contribution is 2.31. The van der Waals surface area contributed by atoms with Crippen LogP contribution in [0.25, 0.3) is 10.8 Å². The number of rotatable bonds is 5. The first-order valence-electron chi connectivity index (χ1n) is 10.6. The average molecular weight is 420 g/mol. The number of urea groups is 1. The number of piperazine rings is 1. The van der Waals surface area contributed by atoms with Crippen molar-refractivity contribution in [2.75, 3.05) is 45.7 Å². The number of anilines is 1. The van der Waals surface area contributed by atoms with E-state index >= 15 is 0 Å². The van der Waals surface area contributed by atoms with Gasteiger partial charge >= 0.3 is 6.03 Å². The molecule has 0 spiro atoms. The van der Waals surface area contributed by atoms with Crippen molar-refractivity contribution in [2.24, 2.45) is 0 Å². The van der Waals surface area contributed by atoms with Gasteiger partial charge in [-0.2, -0.15) is 0 Å². The van der Waals surface area contributed by atoms with Gasteiger partial charge in [-0.25, -0.2) is 4.79 Å². The van der Waals surface area contributed by atoms with E-state index in [1.54, 1.807) is 14.2 Å². The predicted octanol–water partition coefficient (Wildman–Crippen LogP) is 4.52. The maximum Gasteiger partial charge on any atom is 0.321 e. The third kappa shape index (κ3) is 4.59. The van der Waals surface area contributed by atoms with Gasteiger partial charge in [0.2, 0.25) is 0 Å². The molecule has 1 aliphatic heterocycles. The zero-order valence-electron chi connectivity index (χ0n) is 18.4. The molecule has 1 aliphatic rings. The second-order valence-electron chi connectivity index (χ2n) is 7.85. The van der Waals surface area contributed by atoms with E-state index in [4.69, 9.17) is 9.47 Å². The number of aryl methyl sites for hydroxylation is 1. The van der Waals surface area contributed by atoms with Gasteiger partial charge in [0.1, 0.15) is 0 Å². The van der Waals surface area contributed by atoms with Crippen LogP contribution in [0.5, 0.6) is 11.5 Å². The van der Waals surface area contributed by atoms with Crippen LogP contribution in [0.1, 0.15) is 11.1 Å². The van der Waals surface area contributed by atoms with Crippen LogP contribution >= 0.6 is 0 Å². The van der Waals surface area contributed by atoms with Crippen molar-refractivity contribution in [3.8, 4) is 11.5 Å². The average Bonchev–Trinajstić information content (AvgIpc) is 2.80. The fraction of sp³-hybridized carbons (Fsp3) is 0.320. The molecule has 31 heavy (non-hydrogen) atoms. The number of nitrogens with zero attached hydrogens (tertiary/aromatic N) is 2. The Morgan fingerprint density at radius 1 is 0.935 bits per heavy atom. The minimum absolute atomic E-state index is 0.0432. The Balaban J connectivity index is 1.37. The molecule has 1 N–H and O–H groups in total. The van der Waals surface area contributed by atoms with Crippen molar-refractivity contribution in [1.82, 2.24) is 9.80 Å². The molecule has 3 aromatic carbocycles. The summed E-state index contributed by atoms with van der Waals surface area (Å²) in [5.41, 5.74) is 3.24. The lowest BCUT2D eigenvalue weighted by atomic mass is 10.1. The smallest absolute Gasteiger partial charge is 0.321 e. The Bertz CT molecular complexity index is 1070. The predicted molar refractivity (Wildman–Crippen MR) is 124 cm³/mol. The minimum Gasteiger partial charge on any atom is -0.493 e. The summed E-state index contributed by atoms with van der Waals surface area (Å²) >= 11 is 0. The summed E-state index contributed by atoms with van der Waals surface area (Å²) in [7, 11) is 3.31. The van der Waals surface area contributed by atoms with Gasteiger partial charge in [-0.15, -0.1) is 0 Å². The van der Waals surface area contributed by atoms with Crippen LogP contribution in [0.15, 0.2) is 54.6 Å². The summed E-state index contributed by atoms with van der Waals surface area (Å²) in [5, 5.41) is 5.27. The van der Waals surface area contributed by atoms with Gasteiger partial charge in [0.05, 0.1) is 19.9 Å². The van der Waals surface area contributed by atoms with Crippen LogP contribution in [-0.2, 0) is 6.54 Å². The van der Waals surface area contributed by atoms with Crippen LogP contribution in [0.3, 0.4) is 0 Å². The normalized spacial score (nSPS) is 14.5. The first-order valence-corrected chi connectivity index (χ1v) is 10.6. The minimum atomic E-state index is -0.0432. The van der Waals surface area contributed by atoms with Crippen molar-refractivity contribution in [2.45, 2.75) is 13.5 Å². The van der Waals surface area contributed by atoms with Crippen LogP contribution in [0, 0.1) is 6.92 Å². The number of ether oxygens (including phenoxy) is 2.